The van der Waals surface area contributed by atoms with Crippen molar-refractivity contribution in [3.8, 4) is 10.8 Å². The van der Waals surface area contributed by atoms with Gasteiger partial charge in [0.25, 0.3) is 0 Å². The Balaban J connectivity index is 0.000000960. The third-order valence-corrected chi connectivity index (χ3v) is 5.22. The molecule has 0 radical (unpaired) electrons. The molecule has 0 unspecified atom stereocenters. The second-order valence-electron chi connectivity index (χ2n) is 5.78. The monoisotopic (exact) mass is 375 g/mol. The predicted molar refractivity (Wildman–Crippen MR) is 94.4 cm³/mol. The van der Waals surface area contributed by atoms with E-state index in [1.165, 1.54) is 0 Å². The molecular formula is C15H19Cl2N3O2S. The molecule has 126 valence electrons. The van der Waals surface area contributed by atoms with Crippen LogP contribution in [0.3, 0.4) is 0 Å². The molecule has 2 aliphatic rings. The Morgan fingerprint density at radius 2 is 2.09 bits per heavy atom. The molecule has 5 nitrogen and oxygen atoms in total. The summed E-state index contributed by atoms with van der Waals surface area (Å²) in [5, 5.41) is 5.38. The highest BCUT2D eigenvalue weighted by Crippen LogP contribution is 2.27. The van der Waals surface area contributed by atoms with Crippen LogP contribution in [0.5, 0.6) is 0 Å². The number of hydrogen-bond donors (Lipinski definition) is 1. The molecule has 4 rings (SSSR count). The molecule has 0 bridgehead atoms. The summed E-state index contributed by atoms with van der Waals surface area (Å²) in [7, 11) is 0. The quantitative estimate of drug-likeness (QED) is 0.894. The van der Waals surface area contributed by atoms with Gasteiger partial charge in [-0.3, -0.25) is 4.79 Å². The Morgan fingerprint density at radius 3 is 2.74 bits per heavy atom. The van der Waals surface area contributed by atoms with Gasteiger partial charge in [-0.15, -0.1) is 36.2 Å². The minimum atomic E-state index is 0. The van der Waals surface area contributed by atoms with Crippen LogP contribution >= 0.6 is 36.2 Å². The summed E-state index contributed by atoms with van der Waals surface area (Å²) in [5.41, 5.74) is 0.721. The zero-order valence-corrected chi connectivity index (χ0v) is 14.9. The lowest BCUT2D eigenvalue weighted by atomic mass is 10.0. The summed E-state index contributed by atoms with van der Waals surface area (Å²) in [6, 6.07) is 3.93. The maximum absolute atomic E-state index is 12.4. The average Bonchev–Trinajstić information content (AvgIpc) is 3.22. The van der Waals surface area contributed by atoms with Crippen LogP contribution in [0.2, 0.25) is 0 Å². The van der Waals surface area contributed by atoms with E-state index in [1.54, 1.807) is 17.6 Å². The van der Waals surface area contributed by atoms with Gasteiger partial charge in [0.2, 0.25) is 11.8 Å². The predicted octanol–water partition coefficient (Wildman–Crippen LogP) is 2.47. The molecule has 8 heteroatoms. The zero-order valence-electron chi connectivity index (χ0n) is 12.4. The molecule has 2 saturated heterocycles. The van der Waals surface area contributed by atoms with Crippen molar-refractivity contribution in [2.75, 3.05) is 26.2 Å². The second-order valence-corrected chi connectivity index (χ2v) is 6.72. The average molecular weight is 376 g/mol. The Kier molecular flexibility index (Phi) is 6.08. The van der Waals surface area contributed by atoms with E-state index in [9.17, 15) is 4.79 Å². The van der Waals surface area contributed by atoms with Crippen molar-refractivity contribution in [2.24, 2.45) is 11.8 Å². The Hall–Kier alpha value is -1.08. The van der Waals surface area contributed by atoms with Crippen molar-refractivity contribution in [2.45, 2.75) is 6.42 Å². The van der Waals surface area contributed by atoms with E-state index in [0.717, 1.165) is 36.8 Å². The van der Waals surface area contributed by atoms with Gasteiger partial charge in [-0.1, -0.05) is 6.07 Å². The summed E-state index contributed by atoms with van der Waals surface area (Å²) in [6.45, 7) is 3.85. The number of carbonyl (C=O) groups excluding carboxylic acids is 1. The van der Waals surface area contributed by atoms with Crippen LogP contribution in [0.1, 0.15) is 5.69 Å². The fraction of sp³-hybridized carbons (Fsp3) is 0.467. The van der Waals surface area contributed by atoms with Crippen LogP contribution in [0.25, 0.3) is 10.8 Å². The van der Waals surface area contributed by atoms with E-state index in [1.807, 2.05) is 22.4 Å². The van der Waals surface area contributed by atoms with Crippen LogP contribution < -0.4 is 5.32 Å². The van der Waals surface area contributed by atoms with Crippen molar-refractivity contribution in [3.63, 3.8) is 0 Å². The molecule has 0 aliphatic carbocycles. The van der Waals surface area contributed by atoms with Gasteiger partial charge < -0.3 is 14.6 Å². The molecule has 2 aliphatic heterocycles. The number of likely N-dealkylation sites (tertiary alicyclic amines) is 1. The number of rotatable bonds is 3. The normalized spacial score (nSPS) is 22.3. The van der Waals surface area contributed by atoms with Crippen molar-refractivity contribution >= 4 is 42.1 Å². The molecule has 23 heavy (non-hydrogen) atoms. The van der Waals surface area contributed by atoms with E-state index >= 15 is 0 Å². The summed E-state index contributed by atoms with van der Waals surface area (Å²) in [4.78, 5) is 19.8. The number of nitrogens with zero attached hydrogens (tertiary/aromatic N) is 2. The van der Waals surface area contributed by atoms with Crippen LogP contribution in [0, 0.1) is 11.8 Å². The van der Waals surface area contributed by atoms with Gasteiger partial charge >= 0.3 is 0 Å². The first-order chi connectivity index (χ1) is 10.3. The minimum Gasteiger partial charge on any atom is -0.444 e. The van der Waals surface area contributed by atoms with Gasteiger partial charge in [0.15, 0.2) is 0 Å². The van der Waals surface area contributed by atoms with E-state index in [2.05, 4.69) is 10.3 Å². The number of halogens is 2. The van der Waals surface area contributed by atoms with Crippen molar-refractivity contribution < 1.29 is 9.21 Å². The number of oxazole rings is 1. The number of nitrogens with one attached hydrogen (secondary N) is 1. The van der Waals surface area contributed by atoms with Gasteiger partial charge in [0.05, 0.1) is 17.0 Å². The Labute approximate surface area is 151 Å². The number of thiophene rings is 1. The summed E-state index contributed by atoms with van der Waals surface area (Å²) in [6.07, 6.45) is 1.94. The maximum Gasteiger partial charge on any atom is 0.236 e. The molecule has 0 saturated carbocycles. The second kappa shape index (κ2) is 7.66. The lowest BCUT2D eigenvalue weighted by Crippen LogP contribution is -2.33. The van der Waals surface area contributed by atoms with Crippen molar-refractivity contribution in [1.29, 1.82) is 0 Å². The highest BCUT2D eigenvalue weighted by molar-refractivity contribution is 7.13. The van der Waals surface area contributed by atoms with E-state index < -0.39 is 0 Å². The van der Waals surface area contributed by atoms with Crippen molar-refractivity contribution in [1.82, 2.24) is 15.2 Å². The summed E-state index contributed by atoms with van der Waals surface area (Å²) >= 11 is 1.59. The molecule has 2 fully saturated rings. The first kappa shape index (κ1) is 18.3. The summed E-state index contributed by atoms with van der Waals surface area (Å²) in [5.74, 6) is 2.03. The van der Waals surface area contributed by atoms with E-state index in [0.29, 0.717) is 24.1 Å². The molecule has 2 aromatic heterocycles. The highest BCUT2D eigenvalue weighted by Gasteiger charge is 2.37. The van der Waals surface area contributed by atoms with Gasteiger partial charge in [0, 0.05) is 26.2 Å². The van der Waals surface area contributed by atoms with Crippen LogP contribution in [-0.2, 0) is 11.2 Å². The first-order valence-corrected chi connectivity index (χ1v) is 8.14. The van der Waals surface area contributed by atoms with Gasteiger partial charge in [-0.25, -0.2) is 4.98 Å². The first-order valence-electron chi connectivity index (χ1n) is 7.26. The number of hydrogen-bond acceptors (Lipinski definition) is 5. The lowest BCUT2D eigenvalue weighted by molar-refractivity contribution is -0.129. The topological polar surface area (TPSA) is 58.4 Å². The molecule has 0 aromatic carbocycles. The molecular weight excluding hydrogens is 357 g/mol. The third kappa shape index (κ3) is 3.71. The summed E-state index contributed by atoms with van der Waals surface area (Å²) < 4.78 is 5.47. The maximum atomic E-state index is 12.4. The van der Waals surface area contributed by atoms with Gasteiger partial charge in [0.1, 0.15) is 6.26 Å². The molecule has 1 N–H and O–H groups in total. The number of fused-ring (bicyclic) bond motifs is 1. The molecule has 2 aromatic rings. The smallest absolute Gasteiger partial charge is 0.236 e. The highest BCUT2D eigenvalue weighted by atomic mass is 35.5. The van der Waals surface area contributed by atoms with Crippen molar-refractivity contribution in [3.05, 3.63) is 29.5 Å². The van der Waals surface area contributed by atoms with Crippen LogP contribution in [-0.4, -0.2) is 42.0 Å². The lowest BCUT2D eigenvalue weighted by Gasteiger charge is -2.16. The number of aromatic nitrogens is 1. The molecule has 2 atom stereocenters. The van der Waals surface area contributed by atoms with Crippen LogP contribution in [0.4, 0.5) is 0 Å². The minimum absolute atomic E-state index is 0. The molecule has 0 spiro atoms. The van der Waals surface area contributed by atoms with Crippen LogP contribution in [0.15, 0.2) is 28.2 Å². The van der Waals surface area contributed by atoms with E-state index in [4.69, 9.17) is 4.42 Å². The Morgan fingerprint density at radius 1 is 1.35 bits per heavy atom. The molecule has 1 amide bonds. The standard InChI is InChI=1S/C15H17N3O2S.2ClH/c19-14(18-7-10-5-16-6-11(10)8-18)4-12-9-20-15(17-12)13-2-1-3-21-13;;/h1-3,9-11,16H,4-8H2;2*1H/t10-,11+;;. The third-order valence-electron chi connectivity index (χ3n) is 4.36. The molecule has 4 heterocycles. The SMILES string of the molecule is Cl.Cl.O=C(Cc1coc(-c2cccs2)n1)N1C[C@H]2CNC[C@H]2C1. The zero-order chi connectivity index (χ0) is 14.2. The van der Waals surface area contributed by atoms with Gasteiger partial charge in [-0.05, 0) is 23.3 Å². The number of amides is 1. The Bertz CT molecular complexity index is 635. The van der Waals surface area contributed by atoms with E-state index in [-0.39, 0.29) is 30.7 Å². The number of carbonyl (C=O) groups is 1. The fourth-order valence-corrected chi connectivity index (χ4v) is 3.88. The largest absolute Gasteiger partial charge is 0.444 e. The van der Waals surface area contributed by atoms with Gasteiger partial charge in [-0.2, -0.15) is 0 Å². The fourth-order valence-electron chi connectivity index (χ4n) is 3.23.